The highest BCUT2D eigenvalue weighted by Gasteiger charge is 2.21. The molecule has 0 saturated carbocycles. The summed E-state index contributed by atoms with van der Waals surface area (Å²) in [5.74, 6) is 0.710. The van der Waals surface area contributed by atoms with Gasteiger partial charge >= 0.3 is 0 Å². The van der Waals surface area contributed by atoms with Gasteiger partial charge in [-0.2, -0.15) is 5.26 Å². The molecule has 0 N–H and O–H groups in total. The minimum Gasteiger partial charge on any atom is -0.380 e. The summed E-state index contributed by atoms with van der Waals surface area (Å²) in [5.41, 5.74) is 0. The minimum atomic E-state index is 0.127. The van der Waals surface area contributed by atoms with E-state index < -0.39 is 0 Å². The molecule has 1 atom stereocenters. The molecule has 1 aliphatic heterocycles. The molecule has 92 valence electrons. The monoisotopic (exact) mass is 224 g/mol. The summed E-state index contributed by atoms with van der Waals surface area (Å²) < 4.78 is 5.59. The van der Waals surface area contributed by atoms with Crippen molar-refractivity contribution in [2.75, 3.05) is 26.3 Å². The van der Waals surface area contributed by atoms with Crippen molar-refractivity contribution in [3.63, 3.8) is 0 Å². The van der Waals surface area contributed by atoms with Crippen LogP contribution in [0.4, 0.5) is 0 Å². The average Bonchev–Trinajstić information content (AvgIpc) is 2.29. The van der Waals surface area contributed by atoms with Crippen molar-refractivity contribution in [1.82, 2.24) is 4.90 Å². The van der Waals surface area contributed by atoms with Gasteiger partial charge in [-0.05, 0) is 38.1 Å². The molecule has 0 radical (unpaired) electrons. The van der Waals surface area contributed by atoms with Gasteiger partial charge in [0.25, 0.3) is 0 Å². The normalized spacial score (nSPS) is 22.2. The van der Waals surface area contributed by atoms with Gasteiger partial charge in [-0.3, -0.25) is 4.90 Å². The first kappa shape index (κ1) is 13.5. The van der Waals surface area contributed by atoms with E-state index in [1.165, 1.54) is 12.8 Å². The molecule has 0 amide bonds. The standard InChI is InChI=1S/C13H24N2O/c1-12(2)6-9-16-10-8-15-7-4-3-5-13(15)11-14/h12-13H,3-10H2,1-2H3. The van der Waals surface area contributed by atoms with E-state index in [0.717, 1.165) is 39.1 Å². The Morgan fingerprint density at radius 1 is 1.38 bits per heavy atom. The fourth-order valence-corrected chi connectivity index (χ4v) is 2.01. The Kier molecular flexibility index (Phi) is 6.44. The molecule has 0 aliphatic carbocycles. The van der Waals surface area contributed by atoms with Crippen molar-refractivity contribution in [2.45, 2.75) is 45.6 Å². The number of rotatable bonds is 6. The van der Waals surface area contributed by atoms with Crippen molar-refractivity contribution in [3.05, 3.63) is 0 Å². The Morgan fingerprint density at radius 3 is 2.88 bits per heavy atom. The highest BCUT2D eigenvalue weighted by molar-refractivity contribution is 4.93. The third kappa shape index (κ3) is 4.96. The number of hydrogen-bond donors (Lipinski definition) is 0. The summed E-state index contributed by atoms with van der Waals surface area (Å²) >= 11 is 0. The van der Waals surface area contributed by atoms with E-state index in [4.69, 9.17) is 10.00 Å². The molecule has 1 rings (SSSR count). The summed E-state index contributed by atoms with van der Waals surface area (Å²) in [4.78, 5) is 2.26. The number of piperidine rings is 1. The summed E-state index contributed by atoms with van der Waals surface area (Å²) in [6, 6.07) is 2.51. The van der Waals surface area contributed by atoms with Crippen molar-refractivity contribution in [1.29, 1.82) is 5.26 Å². The molecule has 1 fully saturated rings. The van der Waals surface area contributed by atoms with Crippen LogP contribution in [0.3, 0.4) is 0 Å². The first-order valence-corrected chi connectivity index (χ1v) is 6.45. The molecule has 1 heterocycles. The minimum absolute atomic E-state index is 0.127. The lowest BCUT2D eigenvalue weighted by Gasteiger charge is -2.30. The summed E-state index contributed by atoms with van der Waals surface area (Å²) in [6.07, 6.45) is 4.58. The zero-order valence-electron chi connectivity index (χ0n) is 10.6. The smallest absolute Gasteiger partial charge is 0.0978 e. The maximum absolute atomic E-state index is 9.00. The van der Waals surface area contributed by atoms with Gasteiger partial charge in [0, 0.05) is 13.2 Å². The van der Waals surface area contributed by atoms with Crippen LogP contribution >= 0.6 is 0 Å². The predicted molar refractivity (Wildman–Crippen MR) is 65.1 cm³/mol. The molecule has 1 saturated heterocycles. The number of hydrogen-bond acceptors (Lipinski definition) is 3. The molecular formula is C13H24N2O. The Morgan fingerprint density at radius 2 is 2.19 bits per heavy atom. The number of nitrogens with zero attached hydrogens (tertiary/aromatic N) is 2. The zero-order chi connectivity index (χ0) is 11.8. The van der Waals surface area contributed by atoms with E-state index in [2.05, 4.69) is 24.8 Å². The molecule has 1 unspecified atom stereocenters. The third-order valence-corrected chi connectivity index (χ3v) is 3.13. The second-order valence-electron chi connectivity index (χ2n) is 4.97. The van der Waals surface area contributed by atoms with E-state index in [9.17, 15) is 0 Å². The van der Waals surface area contributed by atoms with Gasteiger partial charge < -0.3 is 4.74 Å². The van der Waals surface area contributed by atoms with Crippen molar-refractivity contribution < 1.29 is 4.74 Å². The van der Waals surface area contributed by atoms with Crippen LogP contribution < -0.4 is 0 Å². The molecular weight excluding hydrogens is 200 g/mol. The number of ether oxygens (including phenoxy) is 1. The fourth-order valence-electron chi connectivity index (χ4n) is 2.01. The largest absolute Gasteiger partial charge is 0.380 e. The second kappa shape index (κ2) is 7.65. The Labute approximate surface area is 99.4 Å². The van der Waals surface area contributed by atoms with E-state index in [1.54, 1.807) is 0 Å². The van der Waals surface area contributed by atoms with E-state index in [0.29, 0.717) is 5.92 Å². The lowest BCUT2D eigenvalue weighted by atomic mass is 10.0. The van der Waals surface area contributed by atoms with Gasteiger partial charge in [0.15, 0.2) is 0 Å². The summed E-state index contributed by atoms with van der Waals surface area (Å²) in [6.45, 7) is 8.01. The maximum Gasteiger partial charge on any atom is 0.0978 e. The lowest BCUT2D eigenvalue weighted by Crippen LogP contribution is -2.40. The number of nitriles is 1. The van der Waals surface area contributed by atoms with Gasteiger partial charge in [-0.15, -0.1) is 0 Å². The first-order valence-electron chi connectivity index (χ1n) is 6.45. The summed E-state index contributed by atoms with van der Waals surface area (Å²) in [7, 11) is 0. The third-order valence-electron chi connectivity index (χ3n) is 3.13. The lowest BCUT2D eigenvalue weighted by molar-refractivity contribution is 0.0790. The summed E-state index contributed by atoms with van der Waals surface area (Å²) in [5, 5.41) is 9.00. The van der Waals surface area contributed by atoms with Crippen LogP contribution in [0.1, 0.15) is 39.5 Å². The first-order chi connectivity index (χ1) is 7.74. The SMILES string of the molecule is CC(C)CCOCCN1CCCCC1C#N. The van der Waals surface area contributed by atoms with E-state index in [1.807, 2.05) is 0 Å². The Balaban J connectivity index is 2.09. The molecule has 0 aromatic carbocycles. The molecule has 3 nitrogen and oxygen atoms in total. The topological polar surface area (TPSA) is 36.3 Å². The van der Waals surface area contributed by atoms with Crippen molar-refractivity contribution >= 4 is 0 Å². The van der Waals surface area contributed by atoms with Gasteiger partial charge in [0.2, 0.25) is 0 Å². The van der Waals surface area contributed by atoms with Crippen molar-refractivity contribution in [2.24, 2.45) is 5.92 Å². The van der Waals surface area contributed by atoms with Gasteiger partial charge in [0.1, 0.15) is 0 Å². The van der Waals surface area contributed by atoms with Crippen LogP contribution in [0.2, 0.25) is 0 Å². The van der Waals surface area contributed by atoms with E-state index in [-0.39, 0.29) is 6.04 Å². The quantitative estimate of drug-likeness (QED) is 0.650. The molecule has 1 aliphatic rings. The zero-order valence-corrected chi connectivity index (χ0v) is 10.6. The Bertz CT molecular complexity index is 222. The van der Waals surface area contributed by atoms with Crippen LogP contribution in [-0.2, 0) is 4.74 Å². The van der Waals surface area contributed by atoms with Gasteiger partial charge in [-0.1, -0.05) is 13.8 Å². The molecule has 0 aromatic rings. The highest BCUT2D eigenvalue weighted by atomic mass is 16.5. The number of likely N-dealkylation sites (tertiary alicyclic amines) is 1. The average molecular weight is 224 g/mol. The van der Waals surface area contributed by atoms with Crippen molar-refractivity contribution in [3.8, 4) is 6.07 Å². The van der Waals surface area contributed by atoms with E-state index >= 15 is 0 Å². The van der Waals surface area contributed by atoms with Crippen LogP contribution in [0, 0.1) is 17.2 Å². The molecule has 0 bridgehead atoms. The highest BCUT2D eigenvalue weighted by Crippen LogP contribution is 2.15. The van der Waals surface area contributed by atoms with Gasteiger partial charge in [0.05, 0.1) is 18.7 Å². The molecule has 0 aromatic heterocycles. The van der Waals surface area contributed by atoms with Crippen LogP contribution in [0.5, 0.6) is 0 Å². The molecule has 16 heavy (non-hydrogen) atoms. The fraction of sp³-hybridized carbons (Fsp3) is 0.923. The van der Waals surface area contributed by atoms with Crippen LogP contribution in [0.25, 0.3) is 0 Å². The molecule has 3 heteroatoms. The van der Waals surface area contributed by atoms with Crippen LogP contribution in [0.15, 0.2) is 0 Å². The predicted octanol–water partition coefficient (Wildman–Crippen LogP) is 2.43. The Hall–Kier alpha value is -0.590. The maximum atomic E-state index is 9.00. The molecule has 0 spiro atoms. The second-order valence-corrected chi connectivity index (χ2v) is 4.97. The van der Waals surface area contributed by atoms with Gasteiger partial charge in [-0.25, -0.2) is 0 Å². The van der Waals surface area contributed by atoms with Crippen LogP contribution in [-0.4, -0.2) is 37.2 Å².